The number of rotatable bonds is 8. The summed E-state index contributed by atoms with van der Waals surface area (Å²) in [7, 11) is 0. The van der Waals surface area contributed by atoms with Crippen LogP contribution in [-0.4, -0.2) is 47.4 Å². The first-order chi connectivity index (χ1) is 13.0. The van der Waals surface area contributed by atoms with E-state index in [-0.39, 0.29) is 17.9 Å². The quantitative estimate of drug-likeness (QED) is 0.615. The number of nitrogens with zero attached hydrogens (tertiary/aromatic N) is 2. The minimum absolute atomic E-state index is 0.0119. The molecule has 2 atom stereocenters. The molecule has 1 saturated heterocycles. The van der Waals surface area contributed by atoms with Gasteiger partial charge in [-0.25, -0.2) is 13.3 Å². The van der Waals surface area contributed by atoms with Crippen molar-refractivity contribution in [3.8, 4) is 5.75 Å². The monoisotopic (exact) mass is 377 g/mol. The lowest BCUT2D eigenvalue weighted by molar-refractivity contribution is -0.119. The lowest BCUT2D eigenvalue weighted by atomic mass is 10.0. The molecule has 1 aliphatic heterocycles. The maximum atomic E-state index is 12.3. The Morgan fingerprint density at radius 3 is 3.07 bits per heavy atom. The first kappa shape index (κ1) is 18.8. The number of fused-ring (bicyclic) bond motifs is 1. The number of halogens is 2. The van der Waals surface area contributed by atoms with Gasteiger partial charge in [0.25, 0.3) is 6.43 Å². The Morgan fingerprint density at radius 1 is 1.59 bits per heavy atom. The Kier molecular flexibility index (Phi) is 5.68. The van der Waals surface area contributed by atoms with Crippen molar-refractivity contribution in [2.24, 2.45) is 5.92 Å². The standard InChI is InChI=1S/C18H21F2N5O2/c1-11(12-5-18(26)23-8-12)27-16-4-13(10-25-15(16)2-3-24-25)14(6-21)7-22-9-17(19)20/h2-4,6-7,10-12,17,21-22H,5,8-9H2,1H3,(H,23,26)/b14-7+,21-6?. The molecule has 9 heteroatoms. The van der Waals surface area contributed by atoms with Crippen LogP contribution in [0.3, 0.4) is 0 Å². The third-order valence-corrected chi connectivity index (χ3v) is 4.47. The Bertz CT molecular complexity index is 865. The van der Waals surface area contributed by atoms with Crippen molar-refractivity contribution in [3.63, 3.8) is 0 Å². The highest BCUT2D eigenvalue weighted by Crippen LogP contribution is 2.28. The van der Waals surface area contributed by atoms with Crippen LogP contribution in [0.4, 0.5) is 8.78 Å². The maximum absolute atomic E-state index is 12.3. The third-order valence-electron chi connectivity index (χ3n) is 4.47. The summed E-state index contributed by atoms with van der Waals surface area (Å²) in [5.41, 5.74) is 1.77. The number of hydrogen-bond acceptors (Lipinski definition) is 5. The van der Waals surface area contributed by atoms with Crippen LogP contribution in [0, 0.1) is 11.3 Å². The van der Waals surface area contributed by atoms with E-state index >= 15 is 0 Å². The molecule has 27 heavy (non-hydrogen) atoms. The van der Waals surface area contributed by atoms with E-state index in [1.165, 1.54) is 6.20 Å². The van der Waals surface area contributed by atoms with Gasteiger partial charge >= 0.3 is 0 Å². The fourth-order valence-electron chi connectivity index (χ4n) is 2.97. The smallest absolute Gasteiger partial charge is 0.255 e. The van der Waals surface area contributed by atoms with Crippen LogP contribution in [-0.2, 0) is 4.79 Å². The predicted octanol–water partition coefficient (Wildman–Crippen LogP) is 2.08. The second-order valence-corrected chi connectivity index (χ2v) is 6.39. The Balaban J connectivity index is 1.87. The number of amides is 1. The molecule has 3 heterocycles. The Morgan fingerprint density at radius 2 is 2.41 bits per heavy atom. The second-order valence-electron chi connectivity index (χ2n) is 6.39. The number of hydrogen-bond donors (Lipinski definition) is 3. The van der Waals surface area contributed by atoms with Gasteiger partial charge in [-0.05, 0) is 19.1 Å². The normalized spacial score (nSPS) is 18.6. The highest BCUT2D eigenvalue weighted by atomic mass is 19.3. The molecular formula is C18H21F2N5O2. The van der Waals surface area contributed by atoms with Gasteiger partial charge in [-0.2, -0.15) is 5.10 Å². The molecule has 7 nitrogen and oxygen atoms in total. The summed E-state index contributed by atoms with van der Waals surface area (Å²) < 4.78 is 32.4. The van der Waals surface area contributed by atoms with E-state index in [2.05, 4.69) is 15.7 Å². The van der Waals surface area contributed by atoms with Gasteiger partial charge in [0.15, 0.2) is 0 Å². The molecule has 0 radical (unpaired) electrons. The van der Waals surface area contributed by atoms with Crippen molar-refractivity contribution in [2.75, 3.05) is 13.1 Å². The summed E-state index contributed by atoms with van der Waals surface area (Å²) >= 11 is 0. The molecule has 2 aromatic heterocycles. The zero-order valence-corrected chi connectivity index (χ0v) is 14.8. The van der Waals surface area contributed by atoms with Gasteiger partial charge in [0.2, 0.25) is 5.91 Å². The highest BCUT2D eigenvalue weighted by Gasteiger charge is 2.28. The van der Waals surface area contributed by atoms with E-state index < -0.39 is 13.0 Å². The van der Waals surface area contributed by atoms with E-state index in [4.69, 9.17) is 10.1 Å². The molecule has 0 saturated carbocycles. The predicted molar refractivity (Wildman–Crippen MR) is 97.2 cm³/mol. The lowest BCUT2D eigenvalue weighted by Crippen LogP contribution is -2.25. The van der Waals surface area contributed by atoms with Gasteiger partial charge in [-0.15, -0.1) is 0 Å². The molecule has 0 aromatic carbocycles. The van der Waals surface area contributed by atoms with Crippen LogP contribution in [0.1, 0.15) is 18.9 Å². The zero-order valence-electron chi connectivity index (χ0n) is 14.8. The van der Waals surface area contributed by atoms with Gasteiger partial charge in [-0.3, -0.25) is 4.79 Å². The topological polar surface area (TPSA) is 91.5 Å². The molecule has 1 amide bonds. The fraction of sp³-hybridized carbons (Fsp3) is 0.389. The zero-order chi connectivity index (χ0) is 19.4. The van der Waals surface area contributed by atoms with Crippen LogP contribution >= 0.6 is 0 Å². The Labute approximate surface area is 154 Å². The minimum atomic E-state index is -2.48. The summed E-state index contributed by atoms with van der Waals surface area (Å²) in [6, 6.07) is 3.55. The lowest BCUT2D eigenvalue weighted by Gasteiger charge is -2.20. The number of carbonyl (C=O) groups excluding carboxylic acids is 1. The van der Waals surface area contributed by atoms with Crippen molar-refractivity contribution >= 4 is 23.2 Å². The average Bonchev–Trinajstić information content (AvgIpc) is 3.27. The third kappa shape index (κ3) is 4.42. The van der Waals surface area contributed by atoms with Gasteiger partial charge in [0.05, 0.1) is 12.7 Å². The van der Waals surface area contributed by atoms with Gasteiger partial charge in [0.1, 0.15) is 17.4 Å². The highest BCUT2D eigenvalue weighted by molar-refractivity contribution is 6.08. The van der Waals surface area contributed by atoms with Crippen LogP contribution in [0.25, 0.3) is 11.1 Å². The molecule has 1 aliphatic rings. The number of ether oxygens (including phenoxy) is 1. The molecule has 2 aromatic rings. The molecular weight excluding hydrogens is 356 g/mol. The summed E-state index contributed by atoms with van der Waals surface area (Å²) in [6.07, 6.45) is 3.51. The molecule has 3 rings (SSSR count). The second kappa shape index (κ2) is 8.15. The average molecular weight is 377 g/mol. The van der Waals surface area contributed by atoms with Crippen molar-refractivity contribution in [1.82, 2.24) is 20.2 Å². The summed E-state index contributed by atoms with van der Waals surface area (Å²) in [6.45, 7) is 1.98. The first-order valence-electron chi connectivity index (χ1n) is 8.61. The van der Waals surface area contributed by atoms with Crippen LogP contribution in [0.2, 0.25) is 0 Å². The number of carbonyl (C=O) groups is 1. The summed E-state index contributed by atoms with van der Waals surface area (Å²) in [4.78, 5) is 11.4. The minimum Gasteiger partial charge on any atom is -0.488 e. The van der Waals surface area contributed by atoms with Crippen molar-refractivity contribution in [1.29, 1.82) is 5.41 Å². The van der Waals surface area contributed by atoms with E-state index in [9.17, 15) is 13.6 Å². The van der Waals surface area contributed by atoms with Gasteiger partial charge in [0, 0.05) is 48.6 Å². The molecule has 144 valence electrons. The van der Waals surface area contributed by atoms with Crippen LogP contribution in [0.5, 0.6) is 5.75 Å². The summed E-state index contributed by atoms with van der Waals surface area (Å²) in [5.74, 6) is 0.630. The Hall–Kier alpha value is -2.97. The molecule has 3 N–H and O–H groups in total. The SMILES string of the molecule is CC(Oc1cc(/C(C=N)=C/NCC(F)F)cn2nccc12)C1CNC(=O)C1. The number of pyridine rings is 1. The van der Waals surface area contributed by atoms with E-state index in [1.54, 1.807) is 29.0 Å². The van der Waals surface area contributed by atoms with Gasteiger partial charge < -0.3 is 20.8 Å². The van der Waals surface area contributed by atoms with Crippen molar-refractivity contribution in [2.45, 2.75) is 25.9 Å². The molecule has 0 bridgehead atoms. The van der Waals surface area contributed by atoms with Crippen LogP contribution in [0.15, 0.2) is 30.7 Å². The van der Waals surface area contributed by atoms with Crippen LogP contribution < -0.4 is 15.4 Å². The fourth-order valence-corrected chi connectivity index (χ4v) is 2.97. The first-order valence-corrected chi connectivity index (χ1v) is 8.61. The number of nitrogens with one attached hydrogen (secondary N) is 3. The summed E-state index contributed by atoms with van der Waals surface area (Å²) in [5, 5.41) is 17.1. The van der Waals surface area contributed by atoms with Crippen molar-refractivity contribution < 1.29 is 18.3 Å². The molecule has 2 unspecified atom stereocenters. The largest absolute Gasteiger partial charge is 0.488 e. The molecule has 1 fully saturated rings. The van der Waals surface area contributed by atoms with E-state index in [0.717, 1.165) is 11.7 Å². The van der Waals surface area contributed by atoms with E-state index in [0.29, 0.717) is 29.9 Å². The molecule has 0 spiro atoms. The molecule has 0 aliphatic carbocycles. The number of alkyl halides is 2. The number of allylic oxidation sites excluding steroid dienone is 1. The number of aromatic nitrogens is 2. The van der Waals surface area contributed by atoms with E-state index in [1.807, 2.05) is 6.92 Å². The maximum Gasteiger partial charge on any atom is 0.255 e. The van der Waals surface area contributed by atoms with Gasteiger partial charge in [-0.1, -0.05) is 0 Å². The van der Waals surface area contributed by atoms with Crippen molar-refractivity contribution in [3.05, 3.63) is 36.3 Å².